The number of aryl methyl sites for hydroxylation is 1. The topological polar surface area (TPSA) is 71.5 Å². The lowest BCUT2D eigenvalue weighted by Crippen LogP contribution is -1.85. The first-order chi connectivity index (χ1) is 10.6. The van der Waals surface area contributed by atoms with Crippen LogP contribution in [0.5, 0.6) is 5.95 Å². The van der Waals surface area contributed by atoms with Gasteiger partial charge in [0.1, 0.15) is 0 Å². The number of oxazole rings is 1. The molecule has 6 heteroatoms. The van der Waals surface area contributed by atoms with Crippen LogP contribution in [0.3, 0.4) is 0 Å². The maximum Gasteiger partial charge on any atom is 0.312 e. The van der Waals surface area contributed by atoms with E-state index in [-0.39, 0.29) is 11.6 Å². The van der Waals surface area contributed by atoms with E-state index in [2.05, 4.69) is 30.9 Å². The van der Waals surface area contributed by atoms with Crippen LogP contribution < -0.4 is 0 Å². The summed E-state index contributed by atoms with van der Waals surface area (Å²) in [6.07, 6.45) is 3.10. The first-order valence-electron chi connectivity index (χ1n) is 6.55. The van der Waals surface area contributed by atoms with Gasteiger partial charge in [-0.25, -0.2) is 15.0 Å². The summed E-state index contributed by atoms with van der Waals surface area (Å²) in [7, 11) is 0. The van der Waals surface area contributed by atoms with Gasteiger partial charge in [0.2, 0.25) is 5.89 Å². The minimum Gasteiger partial charge on any atom is -0.479 e. The molecule has 0 saturated heterocycles. The van der Waals surface area contributed by atoms with Gasteiger partial charge in [-0.2, -0.15) is 0 Å². The largest absolute Gasteiger partial charge is 0.479 e. The van der Waals surface area contributed by atoms with Gasteiger partial charge in [-0.3, -0.25) is 0 Å². The summed E-state index contributed by atoms with van der Waals surface area (Å²) in [5.74, 6) is 0.648. The van der Waals surface area contributed by atoms with Gasteiger partial charge in [-0.15, -0.1) is 0 Å². The summed E-state index contributed by atoms with van der Waals surface area (Å²) >= 11 is 3.37. The summed E-state index contributed by atoms with van der Waals surface area (Å²) < 4.78 is 6.23. The van der Waals surface area contributed by atoms with Crippen LogP contribution in [-0.2, 0) is 0 Å². The molecule has 3 aromatic rings. The van der Waals surface area contributed by atoms with Crippen molar-refractivity contribution in [2.45, 2.75) is 6.92 Å². The SMILES string of the molecule is Cc1cccnc1N=Cc1nc(-c2ccc(Br)cc2)oc1O. The van der Waals surface area contributed by atoms with Gasteiger partial charge >= 0.3 is 5.95 Å². The lowest BCUT2D eigenvalue weighted by molar-refractivity contribution is 0.337. The van der Waals surface area contributed by atoms with E-state index in [4.69, 9.17) is 4.42 Å². The quantitative estimate of drug-likeness (QED) is 0.710. The molecule has 0 spiro atoms. The third-order valence-corrected chi connectivity index (χ3v) is 3.55. The van der Waals surface area contributed by atoms with Crippen LogP contribution in [-0.4, -0.2) is 21.3 Å². The molecule has 2 heterocycles. The molecule has 0 fully saturated rings. The van der Waals surface area contributed by atoms with Crippen molar-refractivity contribution in [2.24, 2.45) is 4.99 Å². The molecule has 0 saturated carbocycles. The Hall–Kier alpha value is -2.47. The number of nitrogens with zero attached hydrogens (tertiary/aromatic N) is 3. The van der Waals surface area contributed by atoms with Gasteiger partial charge in [0.05, 0.1) is 6.21 Å². The number of benzene rings is 1. The van der Waals surface area contributed by atoms with E-state index in [1.807, 2.05) is 43.3 Å². The summed E-state index contributed by atoms with van der Waals surface area (Å²) in [6, 6.07) is 11.2. The number of hydrogen-bond donors (Lipinski definition) is 1. The average molecular weight is 358 g/mol. The van der Waals surface area contributed by atoms with Gasteiger partial charge in [-0.1, -0.05) is 22.0 Å². The Morgan fingerprint density at radius 1 is 1.23 bits per heavy atom. The van der Waals surface area contributed by atoms with Crippen LogP contribution in [0.1, 0.15) is 11.3 Å². The second-order valence-corrected chi connectivity index (χ2v) is 5.53. The average Bonchev–Trinajstić information content (AvgIpc) is 2.88. The van der Waals surface area contributed by atoms with Crippen molar-refractivity contribution in [1.82, 2.24) is 9.97 Å². The van der Waals surface area contributed by atoms with Crippen LogP contribution in [0.2, 0.25) is 0 Å². The van der Waals surface area contributed by atoms with Crippen molar-refractivity contribution < 1.29 is 9.52 Å². The zero-order chi connectivity index (χ0) is 15.5. The lowest BCUT2D eigenvalue weighted by Gasteiger charge is -1.95. The molecule has 0 bridgehead atoms. The zero-order valence-corrected chi connectivity index (χ0v) is 13.3. The molecule has 22 heavy (non-hydrogen) atoms. The third-order valence-electron chi connectivity index (χ3n) is 3.02. The van der Waals surface area contributed by atoms with Crippen molar-refractivity contribution in [3.63, 3.8) is 0 Å². The first-order valence-corrected chi connectivity index (χ1v) is 7.34. The summed E-state index contributed by atoms with van der Waals surface area (Å²) in [4.78, 5) is 12.6. The number of rotatable bonds is 3. The van der Waals surface area contributed by atoms with Crippen LogP contribution in [0.15, 0.2) is 56.5 Å². The molecule has 1 aromatic carbocycles. The van der Waals surface area contributed by atoms with Crippen molar-refractivity contribution in [3.05, 3.63) is 58.3 Å². The highest BCUT2D eigenvalue weighted by atomic mass is 79.9. The number of aromatic hydroxyl groups is 1. The molecule has 0 radical (unpaired) electrons. The second kappa shape index (κ2) is 6.11. The molecule has 110 valence electrons. The molecular weight excluding hydrogens is 346 g/mol. The van der Waals surface area contributed by atoms with Crippen LogP contribution in [0.25, 0.3) is 11.5 Å². The third kappa shape index (κ3) is 3.07. The highest BCUT2D eigenvalue weighted by Crippen LogP contribution is 2.27. The van der Waals surface area contributed by atoms with Crippen molar-refractivity contribution in [1.29, 1.82) is 0 Å². The van der Waals surface area contributed by atoms with E-state index >= 15 is 0 Å². The Morgan fingerprint density at radius 3 is 2.73 bits per heavy atom. The molecule has 0 aliphatic rings. The number of halogens is 1. The number of aliphatic imine (C=N–C) groups is 1. The summed E-state index contributed by atoms with van der Waals surface area (Å²) in [6.45, 7) is 1.91. The number of hydrogen-bond acceptors (Lipinski definition) is 5. The molecule has 3 rings (SSSR count). The van der Waals surface area contributed by atoms with Gasteiger partial charge in [0, 0.05) is 16.2 Å². The van der Waals surface area contributed by atoms with E-state index in [1.165, 1.54) is 6.21 Å². The van der Waals surface area contributed by atoms with Crippen LogP contribution in [0.4, 0.5) is 5.82 Å². The monoisotopic (exact) mass is 357 g/mol. The van der Waals surface area contributed by atoms with E-state index in [1.54, 1.807) is 6.20 Å². The standard InChI is InChI=1S/C16H12BrN3O2/c1-10-3-2-8-18-14(10)19-9-13-16(21)22-15(20-13)11-4-6-12(17)7-5-11/h2-9,21H,1H3. The maximum atomic E-state index is 9.84. The number of aromatic nitrogens is 2. The lowest BCUT2D eigenvalue weighted by atomic mass is 10.2. The fourth-order valence-electron chi connectivity index (χ4n) is 1.86. The fraction of sp³-hybridized carbons (Fsp3) is 0.0625. The van der Waals surface area contributed by atoms with E-state index in [0.717, 1.165) is 15.6 Å². The molecule has 0 amide bonds. The van der Waals surface area contributed by atoms with Gasteiger partial charge in [-0.05, 0) is 42.8 Å². The van der Waals surface area contributed by atoms with Crippen LogP contribution >= 0.6 is 15.9 Å². The molecule has 1 N–H and O–H groups in total. The molecule has 0 aliphatic heterocycles. The van der Waals surface area contributed by atoms with Gasteiger partial charge < -0.3 is 9.52 Å². The minimum atomic E-state index is -0.268. The Balaban J connectivity index is 1.90. The minimum absolute atomic E-state index is 0.267. The predicted octanol–water partition coefficient (Wildman–Crippen LogP) is 4.26. The maximum absolute atomic E-state index is 9.84. The molecule has 0 atom stereocenters. The zero-order valence-electron chi connectivity index (χ0n) is 11.7. The Labute approximate surface area is 135 Å². The number of pyridine rings is 1. The van der Waals surface area contributed by atoms with E-state index < -0.39 is 0 Å². The Morgan fingerprint density at radius 2 is 2.00 bits per heavy atom. The molecule has 5 nitrogen and oxygen atoms in total. The molecule has 0 aliphatic carbocycles. The van der Waals surface area contributed by atoms with Crippen molar-refractivity contribution >= 4 is 28.0 Å². The van der Waals surface area contributed by atoms with Crippen LogP contribution in [0, 0.1) is 6.92 Å². The molecule has 2 aromatic heterocycles. The molecule has 0 unspecified atom stereocenters. The Kier molecular flexibility index (Phi) is 4.02. The normalized spacial score (nSPS) is 11.2. The highest BCUT2D eigenvalue weighted by molar-refractivity contribution is 9.10. The summed E-state index contributed by atoms with van der Waals surface area (Å²) in [5, 5.41) is 9.84. The summed E-state index contributed by atoms with van der Waals surface area (Å²) in [5.41, 5.74) is 1.98. The van der Waals surface area contributed by atoms with Crippen molar-refractivity contribution in [3.8, 4) is 17.4 Å². The predicted molar refractivity (Wildman–Crippen MR) is 87.5 cm³/mol. The van der Waals surface area contributed by atoms with Gasteiger partial charge in [0.15, 0.2) is 11.5 Å². The smallest absolute Gasteiger partial charge is 0.312 e. The van der Waals surface area contributed by atoms with E-state index in [9.17, 15) is 5.11 Å². The fourth-order valence-corrected chi connectivity index (χ4v) is 2.12. The molecular formula is C16H12BrN3O2. The Bertz CT molecular complexity index is 826. The van der Waals surface area contributed by atoms with E-state index in [0.29, 0.717) is 11.7 Å². The highest BCUT2D eigenvalue weighted by Gasteiger charge is 2.12. The first kappa shape index (κ1) is 14.5. The van der Waals surface area contributed by atoms with Gasteiger partial charge in [0.25, 0.3) is 0 Å². The van der Waals surface area contributed by atoms with Crippen molar-refractivity contribution in [2.75, 3.05) is 0 Å². The second-order valence-electron chi connectivity index (χ2n) is 4.62.